The van der Waals surface area contributed by atoms with Gasteiger partial charge in [-0.05, 0) is 72.7 Å². The van der Waals surface area contributed by atoms with E-state index < -0.39 is 0 Å². The first-order valence-corrected chi connectivity index (χ1v) is 15.6. The molecule has 148 valence electrons. The second-order valence-corrected chi connectivity index (χ2v) is 15.4. The summed E-state index contributed by atoms with van der Waals surface area (Å²) in [6.07, 6.45) is 22.6. The van der Waals surface area contributed by atoms with Crippen LogP contribution < -0.4 is 0 Å². The van der Waals surface area contributed by atoms with Crippen LogP contribution in [0.1, 0.15) is 91.9 Å². The molecule has 1 unspecified atom stereocenters. The maximum absolute atomic E-state index is 3.27. The number of hydrogen-bond acceptors (Lipinski definition) is 0. The van der Waals surface area contributed by atoms with Crippen molar-refractivity contribution >= 4 is 25.1 Å². The summed E-state index contributed by atoms with van der Waals surface area (Å²) < 4.78 is 0. The van der Waals surface area contributed by atoms with E-state index in [0.29, 0.717) is 0 Å². The molecule has 2 rings (SSSR count). The third kappa shape index (κ3) is 4.49. The van der Waals surface area contributed by atoms with E-state index in [1.54, 1.807) is 25.7 Å². The van der Waals surface area contributed by atoms with Crippen molar-refractivity contribution in [2.75, 3.05) is 30.8 Å². The molecule has 0 aliphatic heterocycles. The first-order valence-electron chi connectivity index (χ1n) is 11.3. The Balaban J connectivity index is 2.48. The Hall–Kier alpha value is 1.29. The van der Waals surface area contributed by atoms with Crippen LogP contribution in [0, 0.1) is 5.92 Å². The zero-order chi connectivity index (χ0) is 18.3. The Morgan fingerprint density at radius 3 is 1.20 bits per heavy atom. The van der Waals surface area contributed by atoms with Gasteiger partial charge >= 0.3 is 0 Å². The molecule has 0 bridgehead atoms. The fraction of sp³-hybridized carbons (Fsp3) is 1.00. The van der Waals surface area contributed by atoms with E-state index in [0.717, 1.165) is 16.2 Å². The number of hydrogen-bond donors (Lipinski definition) is 0. The zero-order valence-electron chi connectivity index (χ0n) is 17.7. The van der Waals surface area contributed by atoms with Gasteiger partial charge in [-0.1, -0.05) is 66.2 Å². The minimum absolute atomic E-state index is 0.202. The van der Waals surface area contributed by atoms with E-state index in [1.165, 1.54) is 69.3 Å². The molecule has 0 spiro atoms. The predicted octanol–water partition coefficient (Wildman–Crippen LogP) is 7.93. The lowest BCUT2D eigenvalue weighted by molar-refractivity contribution is 0.205. The first-order chi connectivity index (χ1) is 12.1. The SMILES string of the molecule is CCP(CC)C1(C(CP)C2(P(CC)CC)CCCCC2)CCCCC1. The molecule has 0 amide bonds. The van der Waals surface area contributed by atoms with Gasteiger partial charge in [-0.15, -0.1) is 25.1 Å². The molecular formula is C22H45P3. The van der Waals surface area contributed by atoms with Crippen LogP contribution in [0.5, 0.6) is 0 Å². The largest absolute Gasteiger partial charge is 0.137 e. The van der Waals surface area contributed by atoms with Crippen molar-refractivity contribution in [3.05, 3.63) is 0 Å². The monoisotopic (exact) mass is 402 g/mol. The van der Waals surface area contributed by atoms with Gasteiger partial charge < -0.3 is 0 Å². The molecule has 0 saturated heterocycles. The third-order valence-corrected chi connectivity index (χ3v) is 15.3. The molecule has 0 nitrogen and oxygen atoms in total. The summed E-state index contributed by atoms with van der Waals surface area (Å²) in [5.74, 6) is 1.00. The third-order valence-electron chi connectivity index (χ3n) is 7.76. The predicted molar refractivity (Wildman–Crippen MR) is 126 cm³/mol. The van der Waals surface area contributed by atoms with E-state index in [9.17, 15) is 0 Å². The minimum Gasteiger partial charge on any atom is -0.137 e. The van der Waals surface area contributed by atoms with E-state index in [1.807, 2.05) is 0 Å². The smallest absolute Gasteiger partial charge is 0.00545 e. The van der Waals surface area contributed by atoms with Gasteiger partial charge in [0.15, 0.2) is 0 Å². The average molecular weight is 403 g/mol. The van der Waals surface area contributed by atoms with E-state index in [2.05, 4.69) is 36.9 Å². The summed E-state index contributed by atoms with van der Waals surface area (Å²) in [4.78, 5) is 0. The van der Waals surface area contributed by atoms with Crippen LogP contribution in [0.2, 0.25) is 0 Å². The molecule has 0 aromatic heterocycles. The van der Waals surface area contributed by atoms with Gasteiger partial charge in [0.25, 0.3) is 0 Å². The molecular weight excluding hydrogens is 357 g/mol. The van der Waals surface area contributed by atoms with Gasteiger partial charge in [-0.3, -0.25) is 0 Å². The Labute approximate surface area is 164 Å². The van der Waals surface area contributed by atoms with Gasteiger partial charge in [0.1, 0.15) is 0 Å². The van der Waals surface area contributed by atoms with Crippen LogP contribution in [0.4, 0.5) is 0 Å². The molecule has 0 radical (unpaired) electrons. The standard InChI is InChI=1S/C22H45P3/c1-5-24(6-2)21(15-11-9-12-16-21)20(19-23)22(25(7-3)8-4)17-13-10-14-18-22/h20H,5-19,23H2,1-4H3. The maximum Gasteiger partial charge on any atom is -0.00545 e. The molecule has 25 heavy (non-hydrogen) atoms. The van der Waals surface area contributed by atoms with Gasteiger partial charge in [0.05, 0.1) is 0 Å². The summed E-state index contributed by atoms with van der Waals surface area (Å²) in [6, 6.07) is 0. The van der Waals surface area contributed by atoms with Crippen molar-refractivity contribution in [3.8, 4) is 0 Å². The molecule has 3 heteroatoms. The normalized spacial score (nSPS) is 23.5. The van der Waals surface area contributed by atoms with Crippen LogP contribution >= 0.6 is 25.1 Å². The summed E-state index contributed by atoms with van der Waals surface area (Å²) >= 11 is 0. The van der Waals surface area contributed by atoms with Crippen LogP contribution in [0.3, 0.4) is 0 Å². The highest BCUT2D eigenvalue weighted by molar-refractivity contribution is 7.60. The quantitative estimate of drug-likeness (QED) is 0.344. The summed E-state index contributed by atoms with van der Waals surface area (Å²) in [7, 11) is 3.67. The maximum atomic E-state index is 3.27. The molecule has 2 aliphatic rings. The minimum atomic E-state index is 0.202. The molecule has 0 aromatic carbocycles. The topological polar surface area (TPSA) is 0 Å². The van der Waals surface area contributed by atoms with Gasteiger partial charge in [0, 0.05) is 0 Å². The summed E-state index contributed by atoms with van der Waals surface area (Å²) in [6.45, 7) is 10.1. The van der Waals surface area contributed by atoms with E-state index in [-0.39, 0.29) is 15.8 Å². The molecule has 0 aromatic rings. The molecule has 2 aliphatic carbocycles. The average Bonchev–Trinajstić information content (AvgIpc) is 2.66. The molecule has 0 N–H and O–H groups in total. The van der Waals surface area contributed by atoms with E-state index >= 15 is 0 Å². The second kappa shape index (κ2) is 10.7. The lowest BCUT2D eigenvalue weighted by atomic mass is 9.69. The van der Waals surface area contributed by atoms with Crippen LogP contribution in [0.25, 0.3) is 0 Å². The molecule has 2 fully saturated rings. The summed E-state index contributed by atoms with van der Waals surface area (Å²) in [5, 5.41) is 1.45. The highest BCUT2D eigenvalue weighted by atomic mass is 31.1. The molecule has 0 heterocycles. The zero-order valence-corrected chi connectivity index (χ0v) is 20.6. The lowest BCUT2D eigenvalue weighted by Crippen LogP contribution is -2.53. The fourth-order valence-electron chi connectivity index (χ4n) is 6.74. The second-order valence-electron chi connectivity index (χ2n) is 8.46. The highest BCUT2D eigenvalue weighted by Crippen LogP contribution is 2.70. The Morgan fingerprint density at radius 1 is 0.640 bits per heavy atom. The summed E-state index contributed by atoms with van der Waals surface area (Å²) in [5.41, 5.74) is 0. The molecule has 1 atom stereocenters. The van der Waals surface area contributed by atoms with Crippen LogP contribution in [0.15, 0.2) is 0 Å². The van der Waals surface area contributed by atoms with Crippen molar-refractivity contribution in [2.45, 2.75) is 102 Å². The van der Waals surface area contributed by atoms with Gasteiger partial charge in [-0.2, -0.15) is 0 Å². The van der Waals surface area contributed by atoms with Crippen molar-refractivity contribution < 1.29 is 0 Å². The van der Waals surface area contributed by atoms with Crippen molar-refractivity contribution in [1.29, 1.82) is 0 Å². The first kappa shape index (κ1) is 22.6. The Kier molecular flexibility index (Phi) is 9.69. The van der Waals surface area contributed by atoms with Crippen molar-refractivity contribution in [3.63, 3.8) is 0 Å². The molecule has 2 saturated carbocycles. The van der Waals surface area contributed by atoms with Gasteiger partial charge in [0.2, 0.25) is 0 Å². The highest BCUT2D eigenvalue weighted by Gasteiger charge is 2.54. The van der Waals surface area contributed by atoms with E-state index in [4.69, 9.17) is 0 Å². The van der Waals surface area contributed by atoms with Crippen molar-refractivity contribution in [1.82, 2.24) is 0 Å². The van der Waals surface area contributed by atoms with Gasteiger partial charge in [-0.25, -0.2) is 0 Å². The number of rotatable bonds is 9. The van der Waals surface area contributed by atoms with Crippen LogP contribution in [-0.2, 0) is 0 Å². The Bertz CT molecular complexity index is 327. The fourth-order valence-corrected chi connectivity index (χ4v) is 15.0. The Morgan fingerprint density at radius 2 is 0.960 bits per heavy atom. The van der Waals surface area contributed by atoms with Crippen molar-refractivity contribution in [2.24, 2.45) is 5.92 Å². The lowest BCUT2D eigenvalue weighted by Gasteiger charge is -2.59. The van der Waals surface area contributed by atoms with Crippen LogP contribution in [-0.4, -0.2) is 41.1 Å².